The fraction of sp³-hybridized carbons (Fsp3) is 0.500. The molecule has 3 aromatic heterocycles. The van der Waals surface area contributed by atoms with Gasteiger partial charge in [0.05, 0.1) is 0 Å². The summed E-state index contributed by atoms with van der Waals surface area (Å²) in [6, 6.07) is 5.25. The molecule has 0 aromatic carbocycles. The van der Waals surface area contributed by atoms with Crippen LogP contribution in [0.1, 0.15) is 36.1 Å². The van der Waals surface area contributed by atoms with Crippen molar-refractivity contribution in [2.24, 2.45) is 0 Å². The first-order chi connectivity index (χ1) is 13.9. The predicted octanol–water partition coefficient (Wildman–Crippen LogP) is 2.45. The van der Waals surface area contributed by atoms with Crippen LogP contribution in [0.3, 0.4) is 0 Å². The number of rotatable bonds is 3. The van der Waals surface area contributed by atoms with Gasteiger partial charge in [-0.25, -0.2) is 9.97 Å². The fourth-order valence-electron chi connectivity index (χ4n) is 3.61. The van der Waals surface area contributed by atoms with E-state index in [9.17, 15) is 13.2 Å². The maximum absolute atomic E-state index is 13.1. The van der Waals surface area contributed by atoms with E-state index in [0.29, 0.717) is 37.9 Å². The second-order valence-corrected chi connectivity index (χ2v) is 7.43. The van der Waals surface area contributed by atoms with Gasteiger partial charge in [-0.2, -0.15) is 17.7 Å². The van der Waals surface area contributed by atoms with Crippen molar-refractivity contribution in [3.8, 4) is 0 Å². The molecular formula is C18H19F3N8. The van der Waals surface area contributed by atoms with Crippen LogP contribution in [0.4, 0.5) is 24.8 Å². The molecule has 1 aliphatic carbocycles. The Labute approximate surface area is 164 Å². The van der Waals surface area contributed by atoms with Gasteiger partial charge in [0.25, 0.3) is 5.82 Å². The normalized spacial score (nSPS) is 17.9. The van der Waals surface area contributed by atoms with Crippen molar-refractivity contribution in [2.45, 2.75) is 31.9 Å². The van der Waals surface area contributed by atoms with E-state index in [2.05, 4.69) is 36.2 Å². The molecule has 4 heterocycles. The lowest BCUT2D eigenvalue weighted by atomic mass is 10.2. The molecule has 1 saturated carbocycles. The molecule has 0 N–H and O–H groups in total. The van der Waals surface area contributed by atoms with Crippen molar-refractivity contribution < 1.29 is 13.2 Å². The zero-order chi connectivity index (χ0) is 20.2. The van der Waals surface area contributed by atoms with Crippen molar-refractivity contribution in [2.75, 3.05) is 36.0 Å². The zero-order valence-corrected chi connectivity index (χ0v) is 15.8. The average Bonchev–Trinajstić information content (AvgIpc) is 3.45. The number of anilines is 2. The van der Waals surface area contributed by atoms with Crippen LogP contribution in [-0.4, -0.2) is 56.0 Å². The summed E-state index contributed by atoms with van der Waals surface area (Å²) >= 11 is 0. The molecule has 3 aromatic rings. The summed E-state index contributed by atoms with van der Waals surface area (Å²) in [4.78, 5) is 13.3. The van der Waals surface area contributed by atoms with Crippen LogP contribution in [0.5, 0.6) is 0 Å². The second kappa shape index (κ2) is 6.53. The standard InChI is InChI=1S/C18H19F3N8/c1-11-22-13(12-2-3-12)10-16(23-11)28-8-6-27(7-9-28)15-5-4-14-24-25-17(18(19,20)21)29(14)26-15/h4-5,10,12H,2-3,6-9H2,1H3. The molecule has 2 fully saturated rings. The molecule has 29 heavy (non-hydrogen) atoms. The summed E-state index contributed by atoms with van der Waals surface area (Å²) in [5.41, 5.74) is 1.18. The first kappa shape index (κ1) is 18.1. The van der Waals surface area contributed by atoms with E-state index in [1.807, 2.05) is 11.8 Å². The number of alkyl halides is 3. The largest absolute Gasteiger partial charge is 0.453 e. The van der Waals surface area contributed by atoms with Crippen LogP contribution < -0.4 is 9.80 Å². The van der Waals surface area contributed by atoms with E-state index in [0.717, 1.165) is 21.9 Å². The SMILES string of the molecule is Cc1nc(C2CC2)cc(N2CCN(c3ccc4nnc(C(F)(F)F)n4n3)CC2)n1. The third-order valence-corrected chi connectivity index (χ3v) is 5.27. The van der Waals surface area contributed by atoms with Crippen LogP contribution in [0, 0.1) is 6.92 Å². The molecule has 0 unspecified atom stereocenters. The van der Waals surface area contributed by atoms with Gasteiger partial charge in [0, 0.05) is 43.9 Å². The first-order valence-corrected chi connectivity index (χ1v) is 9.53. The Hall–Kier alpha value is -2.98. The van der Waals surface area contributed by atoms with Gasteiger partial charge >= 0.3 is 6.18 Å². The number of nitrogens with zero attached hydrogens (tertiary/aromatic N) is 8. The van der Waals surface area contributed by atoms with Gasteiger partial charge in [0.15, 0.2) is 5.65 Å². The number of hydrogen-bond donors (Lipinski definition) is 0. The zero-order valence-electron chi connectivity index (χ0n) is 15.8. The van der Waals surface area contributed by atoms with Gasteiger partial charge in [-0.3, -0.25) is 0 Å². The molecule has 0 bridgehead atoms. The van der Waals surface area contributed by atoms with Crippen molar-refractivity contribution in [1.82, 2.24) is 29.8 Å². The van der Waals surface area contributed by atoms with Gasteiger partial charge in [-0.05, 0) is 31.9 Å². The highest BCUT2D eigenvalue weighted by Crippen LogP contribution is 2.39. The molecule has 2 aliphatic rings. The van der Waals surface area contributed by atoms with E-state index in [1.54, 1.807) is 6.07 Å². The molecule has 0 amide bonds. The Morgan fingerprint density at radius 2 is 1.62 bits per heavy atom. The van der Waals surface area contributed by atoms with E-state index in [1.165, 1.54) is 18.9 Å². The highest BCUT2D eigenvalue weighted by atomic mass is 19.4. The summed E-state index contributed by atoms with van der Waals surface area (Å²) in [7, 11) is 0. The van der Waals surface area contributed by atoms with Gasteiger partial charge in [-0.15, -0.1) is 15.3 Å². The highest BCUT2D eigenvalue weighted by Gasteiger charge is 2.38. The molecule has 1 aliphatic heterocycles. The lowest BCUT2D eigenvalue weighted by molar-refractivity contribution is -0.146. The summed E-state index contributed by atoms with van der Waals surface area (Å²) in [5, 5.41) is 10.9. The molecular weight excluding hydrogens is 385 g/mol. The lowest BCUT2D eigenvalue weighted by Gasteiger charge is -2.36. The Morgan fingerprint density at radius 3 is 2.28 bits per heavy atom. The minimum Gasteiger partial charge on any atom is -0.353 e. The number of aromatic nitrogens is 6. The van der Waals surface area contributed by atoms with Crippen molar-refractivity contribution in [3.63, 3.8) is 0 Å². The first-order valence-electron chi connectivity index (χ1n) is 9.53. The maximum atomic E-state index is 13.1. The van der Waals surface area contributed by atoms with Crippen LogP contribution in [0.15, 0.2) is 18.2 Å². The Kier molecular flexibility index (Phi) is 4.07. The van der Waals surface area contributed by atoms with E-state index in [4.69, 9.17) is 0 Å². The Bertz CT molecular complexity index is 1050. The van der Waals surface area contributed by atoms with Crippen molar-refractivity contribution >= 4 is 17.3 Å². The maximum Gasteiger partial charge on any atom is 0.453 e. The minimum absolute atomic E-state index is 0.0729. The third-order valence-electron chi connectivity index (χ3n) is 5.27. The molecule has 5 rings (SSSR count). The topological polar surface area (TPSA) is 75.3 Å². The van der Waals surface area contributed by atoms with Gasteiger partial charge in [0.1, 0.15) is 17.5 Å². The summed E-state index contributed by atoms with van der Waals surface area (Å²) in [5.74, 6) is 1.60. The summed E-state index contributed by atoms with van der Waals surface area (Å²) in [6.45, 7) is 4.57. The van der Waals surface area contributed by atoms with E-state index in [-0.39, 0.29) is 5.65 Å². The van der Waals surface area contributed by atoms with Gasteiger partial charge < -0.3 is 9.80 Å². The molecule has 152 valence electrons. The van der Waals surface area contributed by atoms with Crippen molar-refractivity contribution in [1.29, 1.82) is 0 Å². The molecule has 1 saturated heterocycles. The number of hydrogen-bond acceptors (Lipinski definition) is 7. The van der Waals surface area contributed by atoms with Crippen LogP contribution in [0.25, 0.3) is 5.65 Å². The smallest absolute Gasteiger partial charge is 0.353 e. The van der Waals surface area contributed by atoms with Crippen LogP contribution >= 0.6 is 0 Å². The molecule has 0 spiro atoms. The monoisotopic (exact) mass is 404 g/mol. The molecule has 0 radical (unpaired) electrons. The Balaban J connectivity index is 1.34. The van der Waals surface area contributed by atoms with Gasteiger partial charge in [-0.1, -0.05) is 0 Å². The minimum atomic E-state index is -4.60. The van der Waals surface area contributed by atoms with Crippen LogP contribution in [-0.2, 0) is 6.18 Å². The average molecular weight is 404 g/mol. The number of halogens is 3. The number of piperazine rings is 1. The predicted molar refractivity (Wildman–Crippen MR) is 99.0 cm³/mol. The fourth-order valence-corrected chi connectivity index (χ4v) is 3.61. The number of fused-ring (bicyclic) bond motifs is 1. The summed E-state index contributed by atoms with van der Waals surface area (Å²) in [6.07, 6.45) is -2.24. The quantitative estimate of drug-likeness (QED) is 0.664. The lowest BCUT2D eigenvalue weighted by Crippen LogP contribution is -2.47. The Morgan fingerprint density at radius 1 is 0.931 bits per heavy atom. The highest BCUT2D eigenvalue weighted by molar-refractivity contribution is 5.49. The van der Waals surface area contributed by atoms with E-state index < -0.39 is 12.0 Å². The molecule has 8 nitrogen and oxygen atoms in total. The molecule has 0 atom stereocenters. The number of aryl methyl sites for hydroxylation is 1. The summed E-state index contributed by atoms with van der Waals surface area (Å²) < 4.78 is 40.0. The van der Waals surface area contributed by atoms with Crippen LogP contribution in [0.2, 0.25) is 0 Å². The molecule has 11 heteroatoms. The third kappa shape index (κ3) is 3.45. The van der Waals surface area contributed by atoms with Crippen molar-refractivity contribution in [3.05, 3.63) is 35.5 Å². The van der Waals surface area contributed by atoms with E-state index >= 15 is 0 Å². The van der Waals surface area contributed by atoms with Gasteiger partial charge in [0.2, 0.25) is 0 Å². The second-order valence-electron chi connectivity index (χ2n) is 7.43.